The first-order valence-electron chi connectivity index (χ1n) is 3.33. The molecule has 1 aromatic carbocycles. The van der Waals surface area contributed by atoms with Crippen molar-refractivity contribution in [2.45, 2.75) is 0 Å². The molecule has 5 nitrogen and oxygen atoms in total. The van der Waals surface area contributed by atoms with E-state index < -0.39 is 4.92 Å². The predicted molar refractivity (Wildman–Crippen MR) is 49.1 cm³/mol. The number of nitro benzene ring substituents is 1. The first-order chi connectivity index (χ1) is 6.06. The third-order valence-electron chi connectivity index (χ3n) is 1.50. The van der Waals surface area contributed by atoms with E-state index in [9.17, 15) is 10.1 Å². The minimum absolute atomic E-state index is 0.0168. The molecule has 0 saturated heterocycles. The number of methoxy groups -OCH3 is 1. The molecule has 0 amide bonds. The van der Waals surface area contributed by atoms with Crippen LogP contribution in [0, 0.1) is 10.1 Å². The van der Waals surface area contributed by atoms with Crippen LogP contribution in [0.2, 0.25) is 5.02 Å². The molecule has 1 rings (SSSR count). The third-order valence-corrected chi connectivity index (χ3v) is 1.72. The number of halogens is 1. The van der Waals surface area contributed by atoms with Crippen LogP contribution in [0.15, 0.2) is 12.1 Å². The van der Waals surface area contributed by atoms with Crippen LogP contribution in [0.4, 0.5) is 11.4 Å². The van der Waals surface area contributed by atoms with E-state index in [2.05, 4.69) is 0 Å². The predicted octanol–water partition coefficient (Wildman–Crippen LogP) is 1.84. The lowest BCUT2D eigenvalue weighted by Gasteiger charge is -2.04. The zero-order chi connectivity index (χ0) is 10.0. The summed E-state index contributed by atoms with van der Waals surface area (Å²) in [6.45, 7) is 0. The van der Waals surface area contributed by atoms with Gasteiger partial charge in [0.15, 0.2) is 5.69 Å². The van der Waals surface area contributed by atoms with Crippen LogP contribution < -0.4 is 10.5 Å². The monoisotopic (exact) mass is 202 g/mol. The lowest BCUT2D eigenvalue weighted by Crippen LogP contribution is -1.98. The van der Waals surface area contributed by atoms with Crippen LogP contribution in [0.3, 0.4) is 0 Å². The topological polar surface area (TPSA) is 78.4 Å². The van der Waals surface area contributed by atoms with E-state index in [1.807, 2.05) is 0 Å². The second-order valence-electron chi connectivity index (χ2n) is 2.30. The lowest BCUT2D eigenvalue weighted by molar-refractivity contribution is -0.383. The Hall–Kier alpha value is -1.49. The van der Waals surface area contributed by atoms with E-state index >= 15 is 0 Å². The normalized spacial score (nSPS) is 9.69. The molecule has 0 atom stereocenters. The Morgan fingerprint density at radius 3 is 2.69 bits per heavy atom. The number of nitrogens with two attached hydrogens (primary N) is 1. The van der Waals surface area contributed by atoms with E-state index in [-0.39, 0.29) is 22.1 Å². The van der Waals surface area contributed by atoms with Crippen molar-refractivity contribution >= 4 is 23.0 Å². The molecule has 0 aliphatic carbocycles. The van der Waals surface area contributed by atoms with Crippen molar-refractivity contribution in [1.29, 1.82) is 0 Å². The van der Waals surface area contributed by atoms with E-state index in [0.717, 1.165) is 0 Å². The zero-order valence-electron chi connectivity index (χ0n) is 6.78. The highest BCUT2D eigenvalue weighted by Crippen LogP contribution is 2.34. The highest BCUT2D eigenvalue weighted by atomic mass is 35.5. The number of nitrogens with zero attached hydrogens (tertiary/aromatic N) is 1. The van der Waals surface area contributed by atoms with Crippen molar-refractivity contribution in [2.24, 2.45) is 0 Å². The van der Waals surface area contributed by atoms with Crippen LogP contribution in [0.5, 0.6) is 5.75 Å². The molecule has 0 aliphatic heterocycles. The SMILES string of the molecule is COc1cc(Cl)cc([N+](=O)[O-])c1N. The van der Waals surface area contributed by atoms with Crippen LogP contribution in [-0.4, -0.2) is 12.0 Å². The molecule has 2 N–H and O–H groups in total. The van der Waals surface area contributed by atoms with Gasteiger partial charge >= 0.3 is 0 Å². The summed E-state index contributed by atoms with van der Waals surface area (Å²) in [4.78, 5) is 9.85. The maximum Gasteiger partial charge on any atom is 0.297 e. The molecule has 70 valence electrons. The van der Waals surface area contributed by atoms with Gasteiger partial charge in [-0.2, -0.15) is 0 Å². The number of rotatable bonds is 2. The molecule has 0 fully saturated rings. The molecule has 0 unspecified atom stereocenters. The molecule has 0 aliphatic rings. The van der Waals surface area contributed by atoms with Gasteiger partial charge in [0.25, 0.3) is 5.69 Å². The van der Waals surface area contributed by atoms with Crippen LogP contribution in [-0.2, 0) is 0 Å². The summed E-state index contributed by atoms with van der Waals surface area (Å²) in [5, 5.41) is 10.7. The van der Waals surface area contributed by atoms with E-state index in [1.54, 1.807) is 0 Å². The number of hydrogen-bond acceptors (Lipinski definition) is 4. The molecular weight excluding hydrogens is 196 g/mol. The van der Waals surface area contributed by atoms with Crippen molar-refractivity contribution < 1.29 is 9.66 Å². The molecule has 1 aromatic rings. The molecule has 0 spiro atoms. The second kappa shape index (κ2) is 3.49. The van der Waals surface area contributed by atoms with Gasteiger partial charge in [-0.3, -0.25) is 10.1 Å². The number of nitro groups is 1. The number of benzene rings is 1. The third kappa shape index (κ3) is 1.81. The van der Waals surface area contributed by atoms with Crippen molar-refractivity contribution in [2.75, 3.05) is 12.8 Å². The largest absolute Gasteiger partial charge is 0.494 e. The minimum atomic E-state index is -0.607. The summed E-state index contributed by atoms with van der Waals surface area (Å²) in [6.07, 6.45) is 0. The Morgan fingerprint density at radius 2 is 2.23 bits per heavy atom. The Kier molecular flexibility index (Phi) is 2.57. The quantitative estimate of drug-likeness (QED) is 0.451. The minimum Gasteiger partial charge on any atom is -0.494 e. The highest BCUT2D eigenvalue weighted by molar-refractivity contribution is 6.31. The average Bonchev–Trinajstić information content (AvgIpc) is 2.08. The molecule has 0 aromatic heterocycles. The van der Waals surface area contributed by atoms with Gasteiger partial charge in [-0.05, 0) is 0 Å². The number of anilines is 1. The van der Waals surface area contributed by atoms with Crippen molar-refractivity contribution in [1.82, 2.24) is 0 Å². The maximum atomic E-state index is 10.5. The van der Waals surface area contributed by atoms with Gasteiger partial charge in [-0.1, -0.05) is 11.6 Å². The van der Waals surface area contributed by atoms with Crippen LogP contribution in [0.25, 0.3) is 0 Å². The molecular formula is C7H7ClN2O3. The summed E-state index contributed by atoms with van der Waals surface area (Å²) < 4.78 is 4.80. The molecule has 13 heavy (non-hydrogen) atoms. The first kappa shape index (κ1) is 9.60. The zero-order valence-corrected chi connectivity index (χ0v) is 7.54. The maximum absolute atomic E-state index is 10.5. The van der Waals surface area contributed by atoms with Crippen molar-refractivity contribution in [3.05, 3.63) is 27.3 Å². The molecule has 0 bridgehead atoms. The molecule has 0 saturated carbocycles. The van der Waals surface area contributed by atoms with Gasteiger partial charge in [-0.15, -0.1) is 0 Å². The summed E-state index contributed by atoms with van der Waals surface area (Å²) in [5.74, 6) is 0.208. The van der Waals surface area contributed by atoms with Crippen molar-refractivity contribution in [3.8, 4) is 5.75 Å². The van der Waals surface area contributed by atoms with Gasteiger partial charge in [0.1, 0.15) is 5.75 Å². The fourth-order valence-electron chi connectivity index (χ4n) is 0.899. The van der Waals surface area contributed by atoms with Crippen molar-refractivity contribution in [3.63, 3.8) is 0 Å². The number of hydrogen-bond donors (Lipinski definition) is 1. The first-order valence-corrected chi connectivity index (χ1v) is 3.71. The lowest BCUT2D eigenvalue weighted by atomic mass is 10.2. The highest BCUT2D eigenvalue weighted by Gasteiger charge is 2.16. The van der Waals surface area contributed by atoms with Gasteiger partial charge in [-0.25, -0.2) is 0 Å². The van der Waals surface area contributed by atoms with Crippen LogP contribution >= 0.6 is 11.6 Å². The van der Waals surface area contributed by atoms with Crippen LogP contribution in [0.1, 0.15) is 0 Å². The van der Waals surface area contributed by atoms with Gasteiger partial charge in [0.05, 0.1) is 17.1 Å². The van der Waals surface area contributed by atoms with Gasteiger partial charge < -0.3 is 10.5 Å². The van der Waals surface area contributed by atoms with E-state index in [4.69, 9.17) is 22.1 Å². The van der Waals surface area contributed by atoms with E-state index in [0.29, 0.717) is 0 Å². The molecule has 6 heteroatoms. The smallest absolute Gasteiger partial charge is 0.297 e. The Labute approximate surface area is 79.2 Å². The Morgan fingerprint density at radius 1 is 1.62 bits per heavy atom. The average molecular weight is 203 g/mol. The van der Waals surface area contributed by atoms with Gasteiger partial charge in [0, 0.05) is 12.1 Å². The molecule has 0 heterocycles. The molecule has 0 radical (unpaired) electrons. The standard InChI is InChI=1S/C7H7ClN2O3/c1-13-6-3-4(8)2-5(7(6)9)10(11)12/h2-3H,9H2,1H3. The second-order valence-corrected chi connectivity index (χ2v) is 2.73. The fraction of sp³-hybridized carbons (Fsp3) is 0.143. The van der Waals surface area contributed by atoms with Gasteiger partial charge in [0.2, 0.25) is 0 Å². The summed E-state index contributed by atoms with van der Waals surface area (Å²) in [6, 6.07) is 2.60. The number of ether oxygens (including phenoxy) is 1. The summed E-state index contributed by atoms with van der Waals surface area (Å²) in [5.41, 5.74) is 5.18. The summed E-state index contributed by atoms with van der Waals surface area (Å²) >= 11 is 5.60. The Balaban J connectivity index is 3.35. The van der Waals surface area contributed by atoms with E-state index in [1.165, 1.54) is 19.2 Å². The fourth-order valence-corrected chi connectivity index (χ4v) is 1.10. The Bertz CT molecular complexity index is 354. The summed E-state index contributed by atoms with van der Waals surface area (Å²) in [7, 11) is 1.37. The number of nitrogen functional groups attached to an aromatic ring is 1.